The molecule has 0 saturated heterocycles. The highest BCUT2D eigenvalue weighted by Crippen LogP contribution is 2.20. The first-order valence-corrected chi connectivity index (χ1v) is 5.65. The first-order valence-electron chi connectivity index (χ1n) is 5.65. The van der Waals surface area contributed by atoms with Gasteiger partial charge in [-0.25, -0.2) is 9.59 Å². The third-order valence-electron chi connectivity index (χ3n) is 2.43. The lowest BCUT2D eigenvalue weighted by molar-refractivity contribution is -0.153. The Labute approximate surface area is 110 Å². The van der Waals surface area contributed by atoms with Gasteiger partial charge in [0.1, 0.15) is 0 Å². The maximum Gasteiger partial charge on any atom is 0.397 e. The van der Waals surface area contributed by atoms with E-state index in [0.29, 0.717) is 0 Å². The molecule has 0 atom stereocenters. The number of carbonyl (C=O) groups excluding carboxylic acids is 3. The van der Waals surface area contributed by atoms with E-state index in [4.69, 9.17) is 0 Å². The molecule has 0 radical (unpaired) electrons. The summed E-state index contributed by atoms with van der Waals surface area (Å²) in [5.74, 6) is -2.40. The highest BCUT2D eigenvalue weighted by Gasteiger charge is 2.24. The van der Waals surface area contributed by atoms with Crippen molar-refractivity contribution in [2.75, 3.05) is 25.7 Å². The molecule has 0 aromatic heterocycles. The zero-order valence-electron chi connectivity index (χ0n) is 11.0. The number of rotatable bonds is 3. The Morgan fingerprint density at radius 3 is 2.42 bits per heavy atom. The van der Waals surface area contributed by atoms with Crippen molar-refractivity contribution in [3.63, 3.8) is 0 Å². The lowest BCUT2D eigenvalue weighted by atomic mass is 10.1. The zero-order valence-corrected chi connectivity index (χ0v) is 11.0. The molecule has 0 aliphatic carbocycles. The van der Waals surface area contributed by atoms with Crippen molar-refractivity contribution in [1.82, 2.24) is 0 Å². The van der Waals surface area contributed by atoms with E-state index in [9.17, 15) is 14.4 Å². The summed E-state index contributed by atoms with van der Waals surface area (Å²) in [7, 11) is 2.63. The predicted molar refractivity (Wildman–Crippen MR) is 67.8 cm³/mol. The SMILES string of the molecule is CCOC(=O)C(=O)N(C)c1ccccc1C(=O)OC. The van der Waals surface area contributed by atoms with Crippen LogP contribution in [0.5, 0.6) is 0 Å². The number of methoxy groups -OCH3 is 1. The molecule has 0 saturated carbocycles. The van der Waals surface area contributed by atoms with Crippen LogP contribution in [0.15, 0.2) is 24.3 Å². The molecule has 6 nitrogen and oxygen atoms in total. The van der Waals surface area contributed by atoms with E-state index < -0.39 is 17.8 Å². The second kappa shape index (κ2) is 6.53. The number of carbonyl (C=O) groups is 3. The van der Waals surface area contributed by atoms with Crippen LogP contribution in [0.25, 0.3) is 0 Å². The average Bonchev–Trinajstić information content (AvgIpc) is 2.45. The minimum absolute atomic E-state index is 0.108. The molecule has 0 aliphatic heterocycles. The van der Waals surface area contributed by atoms with Crippen molar-refractivity contribution in [2.24, 2.45) is 0 Å². The number of nitrogens with zero attached hydrogens (tertiary/aromatic N) is 1. The van der Waals surface area contributed by atoms with Gasteiger partial charge in [0.25, 0.3) is 0 Å². The second-order valence-electron chi connectivity index (χ2n) is 3.59. The number of para-hydroxylation sites is 1. The van der Waals surface area contributed by atoms with Crippen LogP contribution in [-0.4, -0.2) is 38.6 Å². The van der Waals surface area contributed by atoms with Crippen molar-refractivity contribution in [1.29, 1.82) is 0 Å². The Morgan fingerprint density at radius 1 is 1.21 bits per heavy atom. The van der Waals surface area contributed by atoms with E-state index in [1.165, 1.54) is 20.2 Å². The lowest BCUT2D eigenvalue weighted by Crippen LogP contribution is -2.35. The molecule has 19 heavy (non-hydrogen) atoms. The van der Waals surface area contributed by atoms with Crippen molar-refractivity contribution >= 4 is 23.5 Å². The Morgan fingerprint density at radius 2 is 1.84 bits per heavy atom. The minimum Gasteiger partial charge on any atom is -0.465 e. The van der Waals surface area contributed by atoms with Crippen LogP contribution in [-0.2, 0) is 19.1 Å². The number of ether oxygens (including phenoxy) is 2. The molecule has 0 fully saturated rings. The summed E-state index contributed by atoms with van der Waals surface area (Å²) in [5.41, 5.74) is 0.484. The van der Waals surface area contributed by atoms with Gasteiger partial charge < -0.3 is 14.4 Å². The smallest absolute Gasteiger partial charge is 0.397 e. The van der Waals surface area contributed by atoms with Crippen LogP contribution >= 0.6 is 0 Å². The van der Waals surface area contributed by atoms with Crippen LogP contribution in [0.4, 0.5) is 5.69 Å². The number of hydrogen-bond donors (Lipinski definition) is 0. The summed E-state index contributed by atoms with van der Waals surface area (Å²) in [6, 6.07) is 6.34. The zero-order chi connectivity index (χ0) is 14.4. The normalized spacial score (nSPS) is 9.63. The fourth-order valence-electron chi connectivity index (χ4n) is 1.49. The minimum atomic E-state index is -0.968. The standard InChI is InChI=1S/C13H15NO5/c1-4-19-13(17)11(15)14(2)10-8-6-5-7-9(10)12(16)18-3/h5-8H,4H2,1-3H3. The topological polar surface area (TPSA) is 72.9 Å². The Balaban J connectivity index is 3.06. The van der Waals surface area contributed by atoms with Gasteiger partial charge in [0, 0.05) is 7.05 Å². The number of benzene rings is 1. The van der Waals surface area contributed by atoms with Gasteiger partial charge in [-0.15, -0.1) is 0 Å². The maximum atomic E-state index is 11.8. The fraction of sp³-hybridized carbons (Fsp3) is 0.308. The van der Waals surface area contributed by atoms with E-state index in [1.807, 2.05) is 0 Å². The molecular formula is C13H15NO5. The Bertz CT molecular complexity index is 498. The number of likely N-dealkylation sites (N-methyl/N-ethyl adjacent to an activating group) is 1. The molecule has 6 heteroatoms. The fourth-order valence-corrected chi connectivity index (χ4v) is 1.49. The number of esters is 2. The third kappa shape index (κ3) is 3.31. The van der Waals surface area contributed by atoms with Gasteiger partial charge in [-0.3, -0.25) is 4.79 Å². The van der Waals surface area contributed by atoms with Crippen LogP contribution in [0, 0.1) is 0 Å². The number of hydrogen-bond acceptors (Lipinski definition) is 5. The number of anilines is 1. The average molecular weight is 265 g/mol. The molecule has 0 bridgehead atoms. The van der Waals surface area contributed by atoms with Crippen molar-refractivity contribution < 1.29 is 23.9 Å². The summed E-state index contributed by atoms with van der Waals surface area (Å²) >= 11 is 0. The van der Waals surface area contributed by atoms with E-state index in [0.717, 1.165) is 4.90 Å². The molecule has 1 aromatic rings. The molecular weight excluding hydrogens is 250 g/mol. The molecule has 1 amide bonds. The third-order valence-corrected chi connectivity index (χ3v) is 2.43. The molecule has 0 N–H and O–H groups in total. The summed E-state index contributed by atoms with van der Waals surface area (Å²) < 4.78 is 9.25. The van der Waals surface area contributed by atoms with E-state index >= 15 is 0 Å². The Hall–Kier alpha value is -2.37. The van der Waals surface area contributed by atoms with Gasteiger partial charge >= 0.3 is 17.8 Å². The first-order chi connectivity index (χ1) is 9.02. The molecule has 1 rings (SSSR count). The summed E-state index contributed by atoms with van der Waals surface area (Å²) in [4.78, 5) is 35.8. The van der Waals surface area contributed by atoms with Gasteiger partial charge in [0.2, 0.25) is 0 Å². The highest BCUT2D eigenvalue weighted by molar-refractivity contribution is 6.38. The van der Waals surface area contributed by atoms with E-state index in [1.54, 1.807) is 25.1 Å². The van der Waals surface area contributed by atoms with Gasteiger partial charge in [-0.2, -0.15) is 0 Å². The summed E-state index contributed by atoms with van der Waals surface area (Å²) in [6.07, 6.45) is 0. The van der Waals surface area contributed by atoms with Crippen LogP contribution in [0.3, 0.4) is 0 Å². The molecule has 0 spiro atoms. The predicted octanol–water partition coefficient (Wildman–Crippen LogP) is 0.999. The number of amides is 1. The quantitative estimate of drug-likeness (QED) is 0.602. The van der Waals surface area contributed by atoms with E-state index in [-0.39, 0.29) is 17.9 Å². The van der Waals surface area contributed by atoms with Gasteiger partial charge in [0.05, 0.1) is 25.0 Å². The molecule has 0 aliphatic rings. The largest absolute Gasteiger partial charge is 0.465 e. The van der Waals surface area contributed by atoms with Crippen molar-refractivity contribution in [3.8, 4) is 0 Å². The van der Waals surface area contributed by atoms with Gasteiger partial charge in [0.15, 0.2) is 0 Å². The maximum absolute atomic E-state index is 11.8. The molecule has 1 aromatic carbocycles. The van der Waals surface area contributed by atoms with Crippen LogP contribution < -0.4 is 4.90 Å². The molecule has 0 heterocycles. The van der Waals surface area contributed by atoms with Crippen molar-refractivity contribution in [2.45, 2.75) is 6.92 Å². The molecule has 102 valence electrons. The van der Waals surface area contributed by atoms with E-state index in [2.05, 4.69) is 9.47 Å². The summed E-state index contributed by atoms with van der Waals surface area (Å²) in [5, 5.41) is 0. The Kier molecular flexibility index (Phi) is 5.05. The summed E-state index contributed by atoms with van der Waals surface area (Å²) in [6.45, 7) is 1.71. The second-order valence-corrected chi connectivity index (χ2v) is 3.59. The van der Waals surface area contributed by atoms with Gasteiger partial charge in [-0.1, -0.05) is 12.1 Å². The first kappa shape index (κ1) is 14.7. The molecule has 0 unspecified atom stereocenters. The lowest BCUT2D eigenvalue weighted by Gasteiger charge is -2.18. The van der Waals surface area contributed by atoms with Gasteiger partial charge in [-0.05, 0) is 19.1 Å². The van der Waals surface area contributed by atoms with Crippen molar-refractivity contribution in [3.05, 3.63) is 29.8 Å². The highest BCUT2D eigenvalue weighted by atomic mass is 16.5. The van der Waals surface area contributed by atoms with Crippen LogP contribution in [0.2, 0.25) is 0 Å². The monoisotopic (exact) mass is 265 g/mol. The van der Waals surface area contributed by atoms with Crippen LogP contribution in [0.1, 0.15) is 17.3 Å².